The Labute approximate surface area is 190 Å². The third kappa shape index (κ3) is 3.02. The van der Waals surface area contributed by atoms with Crippen molar-refractivity contribution in [2.24, 2.45) is 23.5 Å². The van der Waals surface area contributed by atoms with E-state index in [9.17, 15) is 34.8 Å². The Bertz CT molecular complexity index is 1180. The van der Waals surface area contributed by atoms with Crippen molar-refractivity contribution in [2.45, 2.75) is 37.5 Å². The third-order valence-corrected chi connectivity index (χ3v) is 7.23. The van der Waals surface area contributed by atoms with E-state index in [1.54, 1.807) is 32.0 Å². The summed E-state index contributed by atoms with van der Waals surface area (Å²) in [4.78, 5) is 40.5. The quantitative estimate of drug-likeness (QED) is 0.295. The lowest BCUT2D eigenvalue weighted by Gasteiger charge is -2.53. The molecule has 0 saturated heterocycles. The summed E-state index contributed by atoms with van der Waals surface area (Å²) in [5.74, 6) is -1.83. The van der Waals surface area contributed by atoms with Crippen LogP contribution in [-0.4, -0.2) is 74.6 Å². The second kappa shape index (κ2) is 7.70. The average Bonchev–Trinajstić information content (AvgIpc) is 2.72. The van der Waals surface area contributed by atoms with Gasteiger partial charge in [0.15, 0.2) is 11.4 Å². The summed E-state index contributed by atoms with van der Waals surface area (Å²) in [6.07, 6.45) is -1.20. The van der Waals surface area contributed by atoms with Gasteiger partial charge in [-0.1, -0.05) is 5.92 Å². The zero-order chi connectivity index (χ0) is 24.4. The zero-order valence-corrected chi connectivity index (χ0v) is 18.5. The van der Waals surface area contributed by atoms with Gasteiger partial charge in [-0.05, 0) is 57.5 Å². The first-order valence-electron chi connectivity index (χ1n) is 10.6. The first-order chi connectivity index (χ1) is 15.5. The number of hydrogen-bond donors (Lipinski definition) is 5. The number of amides is 1. The Balaban J connectivity index is 1.94. The molecular weight excluding hydrogens is 428 g/mol. The predicted molar refractivity (Wildman–Crippen MR) is 117 cm³/mol. The number of primary amides is 1. The van der Waals surface area contributed by atoms with Crippen molar-refractivity contribution in [3.05, 3.63) is 34.4 Å². The van der Waals surface area contributed by atoms with E-state index in [1.165, 1.54) is 6.07 Å². The number of carbonyl (C=O) groups excluding carboxylic acids is 3. The molecule has 33 heavy (non-hydrogen) atoms. The number of likely N-dealkylation sites (N-methyl/N-ethyl adjacent to an activating group) is 1. The van der Waals surface area contributed by atoms with Crippen molar-refractivity contribution in [2.75, 3.05) is 14.1 Å². The van der Waals surface area contributed by atoms with E-state index in [1.807, 2.05) is 0 Å². The van der Waals surface area contributed by atoms with Crippen LogP contribution in [-0.2, 0) is 20.8 Å². The van der Waals surface area contributed by atoms with E-state index in [0.717, 1.165) is 0 Å². The number of Topliss-reactive ketones (excluding diaryl/α,β-unsaturated/α-hetero) is 2. The molecule has 2 unspecified atom stereocenters. The number of rotatable bonds is 2. The maximum atomic E-state index is 13.7. The Kier molecular flexibility index (Phi) is 5.36. The smallest absolute Gasteiger partial charge is 0.230 e. The van der Waals surface area contributed by atoms with Crippen molar-refractivity contribution < 1.29 is 34.8 Å². The standard InChI is InChI=1S/C24H26N2O7/c1-4-5-10-6-7-14(27)16-12(10)8-11-9-13-18(26(2)3)20(29)17(23(25)32)22(31)24(13,33)21(30)15(11)19(16)28/h6-7,11,13,17-18,20,27-29,33H,8-9H2,1-3H3,(H2,25,32)/t11-,13-,17?,18-,20?,24-/m1/s1. The van der Waals surface area contributed by atoms with Crippen molar-refractivity contribution in [1.29, 1.82) is 0 Å². The Hall–Kier alpha value is -3.19. The van der Waals surface area contributed by atoms with Crippen LogP contribution >= 0.6 is 0 Å². The van der Waals surface area contributed by atoms with Gasteiger partial charge in [-0.25, -0.2) is 0 Å². The highest BCUT2D eigenvalue weighted by atomic mass is 16.3. The summed E-state index contributed by atoms with van der Waals surface area (Å²) >= 11 is 0. The molecule has 2 fully saturated rings. The fourth-order valence-electron chi connectivity index (χ4n) is 5.86. The van der Waals surface area contributed by atoms with Crippen LogP contribution in [0.2, 0.25) is 0 Å². The first kappa shape index (κ1) is 23.0. The number of benzene rings is 1. The molecule has 174 valence electrons. The highest BCUT2D eigenvalue weighted by Crippen LogP contribution is 2.52. The molecule has 6 N–H and O–H groups in total. The molecule has 0 heterocycles. The second-order valence-corrected chi connectivity index (χ2v) is 9.15. The largest absolute Gasteiger partial charge is 0.507 e. The van der Waals surface area contributed by atoms with Crippen molar-refractivity contribution in [3.63, 3.8) is 0 Å². The molecule has 3 aliphatic carbocycles. The topological polar surface area (TPSA) is 161 Å². The predicted octanol–water partition coefficient (Wildman–Crippen LogP) is -0.500. The van der Waals surface area contributed by atoms with Crippen LogP contribution in [0, 0.1) is 29.6 Å². The number of fused-ring (bicyclic) bond motifs is 3. The summed E-state index contributed by atoms with van der Waals surface area (Å²) in [5.41, 5.74) is 3.71. The number of aliphatic hydroxyl groups is 3. The number of phenolic OH excluding ortho intramolecular Hbond substituents is 1. The second-order valence-electron chi connectivity index (χ2n) is 9.15. The van der Waals surface area contributed by atoms with Gasteiger partial charge in [-0.2, -0.15) is 0 Å². The minimum atomic E-state index is -2.65. The summed E-state index contributed by atoms with van der Waals surface area (Å²) in [7, 11) is 3.22. The highest BCUT2D eigenvalue weighted by Gasteiger charge is 2.67. The van der Waals surface area contributed by atoms with E-state index in [4.69, 9.17) is 5.73 Å². The lowest BCUT2D eigenvalue weighted by atomic mass is 9.54. The minimum absolute atomic E-state index is 0.0378. The van der Waals surface area contributed by atoms with Crippen LogP contribution in [0.4, 0.5) is 0 Å². The van der Waals surface area contributed by atoms with Gasteiger partial charge in [-0.3, -0.25) is 14.4 Å². The van der Waals surface area contributed by atoms with E-state index in [0.29, 0.717) is 11.1 Å². The number of carbonyl (C=O) groups is 3. The number of aliphatic hydroxyl groups excluding tert-OH is 2. The van der Waals surface area contributed by atoms with E-state index < -0.39 is 58.7 Å². The van der Waals surface area contributed by atoms with Gasteiger partial charge >= 0.3 is 0 Å². The monoisotopic (exact) mass is 454 g/mol. The van der Waals surface area contributed by atoms with Gasteiger partial charge in [0.2, 0.25) is 11.7 Å². The SMILES string of the molecule is CC#Cc1ccc(O)c2c1C[C@@H]1C[C@@H]3[C@@H](N(C)C)C(O)C(C(N)=O)C(=O)[C@]3(O)C(=O)C1=C2O. The number of phenols is 1. The summed E-state index contributed by atoms with van der Waals surface area (Å²) in [6.45, 7) is 1.65. The van der Waals surface area contributed by atoms with Crippen molar-refractivity contribution in [3.8, 4) is 17.6 Å². The molecule has 9 heteroatoms. The Morgan fingerprint density at radius 1 is 1.24 bits per heavy atom. The molecule has 0 bridgehead atoms. The van der Waals surface area contributed by atoms with E-state index >= 15 is 0 Å². The molecule has 0 aromatic heterocycles. The first-order valence-corrected chi connectivity index (χ1v) is 10.6. The highest BCUT2D eigenvalue weighted by molar-refractivity contribution is 6.25. The van der Waals surface area contributed by atoms with E-state index in [2.05, 4.69) is 11.8 Å². The molecule has 0 radical (unpaired) electrons. The number of aromatic hydroxyl groups is 1. The minimum Gasteiger partial charge on any atom is -0.507 e. The molecule has 1 aromatic carbocycles. The Morgan fingerprint density at radius 3 is 2.48 bits per heavy atom. The zero-order valence-electron chi connectivity index (χ0n) is 18.5. The molecule has 1 amide bonds. The molecule has 0 aliphatic heterocycles. The van der Waals surface area contributed by atoms with Gasteiger partial charge in [0.05, 0.1) is 11.7 Å². The van der Waals surface area contributed by atoms with Gasteiger partial charge in [0, 0.05) is 23.1 Å². The Morgan fingerprint density at radius 2 is 1.91 bits per heavy atom. The molecule has 2 saturated carbocycles. The lowest BCUT2D eigenvalue weighted by Crippen LogP contribution is -2.73. The number of nitrogens with zero attached hydrogens (tertiary/aromatic N) is 1. The van der Waals surface area contributed by atoms with Gasteiger partial charge in [-0.15, -0.1) is 5.92 Å². The average molecular weight is 454 g/mol. The fourth-order valence-corrected chi connectivity index (χ4v) is 5.86. The van der Waals surface area contributed by atoms with Crippen LogP contribution < -0.4 is 5.73 Å². The van der Waals surface area contributed by atoms with E-state index in [-0.39, 0.29) is 29.7 Å². The fraction of sp³-hybridized carbons (Fsp3) is 0.458. The number of nitrogens with two attached hydrogens (primary N) is 1. The van der Waals surface area contributed by atoms with Crippen LogP contribution in [0.5, 0.6) is 5.75 Å². The van der Waals surface area contributed by atoms with Gasteiger partial charge < -0.3 is 31.1 Å². The number of hydrogen-bond acceptors (Lipinski definition) is 8. The number of ketones is 2. The maximum Gasteiger partial charge on any atom is 0.230 e. The summed E-state index contributed by atoms with van der Waals surface area (Å²) in [5, 5.41) is 43.9. The van der Waals surface area contributed by atoms with Crippen LogP contribution in [0.1, 0.15) is 30.0 Å². The molecule has 3 aliphatic rings. The molecule has 1 aromatic rings. The van der Waals surface area contributed by atoms with Crippen molar-refractivity contribution >= 4 is 23.2 Å². The van der Waals surface area contributed by atoms with Crippen LogP contribution in [0.25, 0.3) is 5.76 Å². The van der Waals surface area contributed by atoms with Crippen molar-refractivity contribution in [1.82, 2.24) is 4.90 Å². The van der Waals surface area contributed by atoms with Crippen LogP contribution in [0.3, 0.4) is 0 Å². The maximum absolute atomic E-state index is 13.7. The molecule has 9 nitrogen and oxygen atoms in total. The molecule has 4 rings (SSSR count). The summed E-state index contributed by atoms with van der Waals surface area (Å²) < 4.78 is 0. The third-order valence-electron chi connectivity index (χ3n) is 7.23. The van der Waals surface area contributed by atoms with Crippen LogP contribution in [0.15, 0.2) is 17.7 Å². The molecule has 0 spiro atoms. The lowest BCUT2D eigenvalue weighted by molar-refractivity contribution is -0.184. The summed E-state index contributed by atoms with van der Waals surface area (Å²) in [6, 6.07) is 2.06. The molecule has 6 atom stereocenters. The normalized spacial score (nSPS) is 33.1. The molecular formula is C24H26N2O7. The van der Waals surface area contributed by atoms with Gasteiger partial charge in [0.1, 0.15) is 17.4 Å². The van der Waals surface area contributed by atoms with Gasteiger partial charge in [0.25, 0.3) is 0 Å².